The van der Waals surface area contributed by atoms with Crippen molar-refractivity contribution in [3.8, 4) is 0 Å². The topological polar surface area (TPSA) is 3.24 Å². The van der Waals surface area contributed by atoms with Crippen LogP contribution in [0.1, 0.15) is 25.3 Å². The SMILES string of the molecule is CC(CN(C)C)C(C)c1ccc(Sc2ccccc2)cc1. The fraction of sp³-hybridized carbons (Fsp3) is 0.368. The summed E-state index contributed by atoms with van der Waals surface area (Å²) in [6, 6.07) is 19.6. The highest BCUT2D eigenvalue weighted by molar-refractivity contribution is 7.99. The zero-order valence-electron chi connectivity index (χ0n) is 13.4. The highest BCUT2D eigenvalue weighted by Gasteiger charge is 2.15. The molecule has 112 valence electrons. The van der Waals surface area contributed by atoms with E-state index < -0.39 is 0 Å². The van der Waals surface area contributed by atoms with Crippen molar-refractivity contribution in [2.45, 2.75) is 29.6 Å². The van der Waals surface area contributed by atoms with Crippen LogP contribution in [0.3, 0.4) is 0 Å². The molecule has 2 rings (SSSR count). The first-order valence-corrected chi connectivity index (χ1v) is 8.35. The van der Waals surface area contributed by atoms with Crippen LogP contribution in [0.5, 0.6) is 0 Å². The average Bonchev–Trinajstić information content (AvgIpc) is 2.47. The first kappa shape index (κ1) is 16.1. The molecule has 0 aliphatic heterocycles. The molecule has 0 fully saturated rings. The van der Waals surface area contributed by atoms with Crippen molar-refractivity contribution in [3.63, 3.8) is 0 Å². The molecule has 0 bridgehead atoms. The largest absolute Gasteiger partial charge is 0.309 e. The van der Waals surface area contributed by atoms with Gasteiger partial charge >= 0.3 is 0 Å². The number of rotatable bonds is 6. The Labute approximate surface area is 133 Å². The summed E-state index contributed by atoms with van der Waals surface area (Å²) in [5.74, 6) is 1.25. The molecule has 0 N–H and O–H groups in total. The highest BCUT2D eigenvalue weighted by Crippen LogP contribution is 2.30. The fourth-order valence-electron chi connectivity index (χ4n) is 2.53. The van der Waals surface area contributed by atoms with Gasteiger partial charge in [0.25, 0.3) is 0 Å². The summed E-state index contributed by atoms with van der Waals surface area (Å²) in [7, 11) is 4.28. The van der Waals surface area contributed by atoms with Gasteiger partial charge in [-0.3, -0.25) is 0 Å². The quantitative estimate of drug-likeness (QED) is 0.726. The molecular formula is C19H25NS. The van der Waals surface area contributed by atoms with E-state index in [1.807, 2.05) is 11.8 Å². The van der Waals surface area contributed by atoms with Gasteiger partial charge in [0.15, 0.2) is 0 Å². The second-order valence-electron chi connectivity index (χ2n) is 6.01. The molecule has 0 saturated heterocycles. The van der Waals surface area contributed by atoms with Crippen molar-refractivity contribution in [2.24, 2.45) is 5.92 Å². The highest BCUT2D eigenvalue weighted by atomic mass is 32.2. The van der Waals surface area contributed by atoms with E-state index in [0.717, 1.165) is 6.54 Å². The molecule has 0 spiro atoms. The Kier molecular flexibility index (Phi) is 5.89. The Morgan fingerprint density at radius 2 is 1.43 bits per heavy atom. The Morgan fingerprint density at radius 3 is 2.00 bits per heavy atom. The number of benzene rings is 2. The summed E-state index contributed by atoms with van der Waals surface area (Å²) in [6.07, 6.45) is 0. The van der Waals surface area contributed by atoms with Crippen molar-refractivity contribution in [1.29, 1.82) is 0 Å². The van der Waals surface area contributed by atoms with Crippen LogP contribution in [0.4, 0.5) is 0 Å². The standard InChI is InChI=1S/C19H25NS/c1-15(14-20(3)4)16(2)17-10-12-19(13-11-17)21-18-8-6-5-7-9-18/h5-13,15-16H,14H2,1-4H3. The van der Waals surface area contributed by atoms with Gasteiger partial charge in [0.2, 0.25) is 0 Å². The maximum absolute atomic E-state index is 2.33. The van der Waals surface area contributed by atoms with Crippen molar-refractivity contribution in [3.05, 3.63) is 60.2 Å². The van der Waals surface area contributed by atoms with E-state index in [-0.39, 0.29) is 0 Å². The van der Waals surface area contributed by atoms with E-state index in [2.05, 4.69) is 87.4 Å². The molecule has 2 aromatic carbocycles. The van der Waals surface area contributed by atoms with E-state index in [0.29, 0.717) is 11.8 Å². The smallest absolute Gasteiger partial charge is 0.0122 e. The molecule has 0 saturated carbocycles. The molecule has 0 aliphatic carbocycles. The van der Waals surface area contributed by atoms with Gasteiger partial charge in [0, 0.05) is 16.3 Å². The fourth-order valence-corrected chi connectivity index (χ4v) is 3.36. The molecule has 2 heteroatoms. The van der Waals surface area contributed by atoms with Crippen LogP contribution >= 0.6 is 11.8 Å². The van der Waals surface area contributed by atoms with E-state index in [4.69, 9.17) is 0 Å². The predicted octanol–water partition coefficient (Wildman–Crippen LogP) is 5.14. The number of hydrogen-bond acceptors (Lipinski definition) is 2. The second-order valence-corrected chi connectivity index (χ2v) is 7.16. The van der Waals surface area contributed by atoms with Crippen molar-refractivity contribution in [2.75, 3.05) is 20.6 Å². The molecule has 0 radical (unpaired) electrons. The van der Waals surface area contributed by atoms with Crippen molar-refractivity contribution >= 4 is 11.8 Å². The molecule has 2 unspecified atom stereocenters. The predicted molar refractivity (Wildman–Crippen MR) is 93.1 cm³/mol. The van der Waals surface area contributed by atoms with Gasteiger partial charge in [0.05, 0.1) is 0 Å². The van der Waals surface area contributed by atoms with Gasteiger partial charge in [-0.2, -0.15) is 0 Å². The third-order valence-electron chi connectivity index (χ3n) is 3.89. The minimum absolute atomic E-state index is 0.586. The normalized spacial score (nSPS) is 14.1. The zero-order chi connectivity index (χ0) is 15.2. The summed E-state index contributed by atoms with van der Waals surface area (Å²) in [5.41, 5.74) is 1.43. The molecule has 2 atom stereocenters. The summed E-state index contributed by atoms with van der Waals surface area (Å²) in [6.45, 7) is 5.78. The lowest BCUT2D eigenvalue weighted by Gasteiger charge is -2.23. The van der Waals surface area contributed by atoms with Crippen molar-refractivity contribution in [1.82, 2.24) is 4.90 Å². The van der Waals surface area contributed by atoms with Gasteiger partial charge in [-0.1, -0.05) is 55.9 Å². The van der Waals surface area contributed by atoms with Crippen LogP contribution in [-0.4, -0.2) is 25.5 Å². The molecule has 2 aromatic rings. The third-order valence-corrected chi connectivity index (χ3v) is 4.91. The summed E-state index contributed by atoms with van der Waals surface area (Å²) < 4.78 is 0. The molecule has 0 aliphatic rings. The van der Waals surface area contributed by atoms with Crippen LogP contribution in [0.15, 0.2) is 64.4 Å². The Balaban J connectivity index is 2.01. The summed E-state index contributed by atoms with van der Waals surface area (Å²) in [4.78, 5) is 4.86. The number of nitrogens with zero attached hydrogens (tertiary/aromatic N) is 1. The molecule has 21 heavy (non-hydrogen) atoms. The van der Waals surface area contributed by atoms with E-state index in [9.17, 15) is 0 Å². The molecule has 0 amide bonds. The van der Waals surface area contributed by atoms with Crippen molar-refractivity contribution < 1.29 is 0 Å². The Morgan fingerprint density at radius 1 is 0.857 bits per heavy atom. The van der Waals surface area contributed by atoms with Crippen LogP contribution in [0, 0.1) is 5.92 Å². The minimum atomic E-state index is 0.586. The summed E-state index contributed by atoms with van der Waals surface area (Å²) >= 11 is 1.82. The Bertz CT molecular complexity index is 533. The maximum atomic E-state index is 2.33. The van der Waals surface area contributed by atoms with Crippen LogP contribution in [-0.2, 0) is 0 Å². The molecule has 0 aromatic heterocycles. The first-order chi connectivity index (χ1) is 10.1. The van der Waals surface area contributed by atoms with Crippen LogP contribution < -0.4 is 0 Å². The average molecular weight is 299 g/mol. The molecule has 0 heterocycles. The lowest BCUT2D eigenvalue weighted by Crippen LogP contribution is -2.23. The van der Waals surface area contributed by atoms with Gasteiger partial charge < -0.3 is 4.90 Å². The lowest BCUT2D eigenvalue weighted by atomic mass is 9.89. The number of hydrogen-bond donors (Lipinski definition) is 0. The third kappa shape index (κ3) is 4.90. The van der Waals surface area contributed by atoms with E-state index in [1.54, 1.807) is 0 Å². The second kappa shape index (κ2) is 7.67. The zero-order valence-corrected chi connectivity index (χ0v) is 14.2. The monoisotopic (exact) mass is 299 g/mol. The molecular weight excluding hydrogens is 274 g/mol. The first-order valence-electron chi connectivity index (χ1n) is 7.54. The van der Waals surface area contributed by atoms with E-state index in [1.165, 1.54) is 15.4 Å². The molecule has 1 nitrogen and oxygen atoms in total. The van der Waals surface area contributed by atoms with Gasteiger partial charge in [-0.25, -0.2) is 0 Å². The van der Waals surface area contributed by atoms with Gasteiger partial charge in [0.1, 0.15) is 0 Å². The maximum Gasteiger partial charge on any atom is 0.0122 e. The van der Waals surface area contributed by atoms with E-state index >= 15 is 0 Å². The summed E-state index contributed by atoms with van der Waals surface area (Å²) in [5, 5.41) is 0. The van der Waals surface area contributed by atoms with Crippen LogP contribution in [0.2, 0.25) is 0 Å². The Hall–Kier alpha value is -1.25. The minimum Gasteiger partial charge on any atom is -0.309 e. The lowest BCUT2D eigenvalue weighted by molar-refractivity contribution is 0.313. The van der Waals surface area contributed by atoms with Crippen LogP contribution in [0.25, 0.3) is 0 Å². The van der Waals surface area contributed by atoms with Gasteiger partial charge in [-0.05, 0) is 55.8 Å². The van der Waals surface area contributed by atoms with Gasteiger partial charge in [-0.15, -0.1) is 0 Å².